The molecule has 0 fully saturated rings. The van der Waals surface area contributed by atoms with Crippen LogP contribution in [0.15, 0.2) is 60.7 Å². The number of aliphatic carboxylic acids is 1. The molecule has 0 spiro atoms. The summed E-state index contributed by atoms with van der Waals surface area (Å²) in [6, 6.07) is 16.2. The van der Waals surface area contributed by atoms with Gasteiger partial charge in [0.2, 0.25) is 11.8 Å². The van der Waals surface area contributed by atoms with Crippen molar-refractivity contribution >= 4 is 23.8 Å². The average Bonchev–Trinajstić information content (AvgIpc) is 3.03. The topological polar surface area (TPSA) is 185 Å². The van der Waals surface area contributed by atoms with Crippen molar-refractivity contribution < 1.29 is 48.0 Å². The predicted molar refractivity (Wildman–Crippen MR) is 173 cm³/mol. The quantitative estimate of drug-likeness (QED) is 0.101. The molecule has 13 heteroatoms. The van der Waals surface area contributed by atoms with Crippen molar-refractivity contribution in [2.75, 3.05) is 52.8 Å². The number of carbonyl (C=O) groups is 4. The molecular weight excluding hydrogens is 610 g/mol. The molecule has 0 heterocycles. The lowest BCUT2D eigenvalue weighted by Crippen LogP contribution is -2.53. The fourth-order valence-corrected chi connectivity index (χ4v) is 4.24. The first-order chi connectivity index (χ1) is 22.5. The van der Waals surface area contributed by atoms with Gasteiger partial charge in [-0.3, -0.25) is 14.4 Å². The molecule has 47 heavy (non-hydrogen) atoms. The molecule has 0 aromatic heterocycles. The molecule has 0 radical (unpaired) electrons. The highest BCUT2D eigenvalue weighted by molar-refractivity contribution is 5.91. The van der Waals surface area contributed by atoms with Gasteiger partial charge in [-0.2, -0.15) is 0 Å². The minimum atomic E-state index is -1.19. The molecule has 2 aromatic rings. The number of ether oxygens (including phenoxy) is 5. The number of amides is 2. The van der Waals surface area contributed by atoms with E-state index < -0.39 is 47.4 Å². The Kier molecular flexibility index (Phi) is 18.3. The van der Waals surface area contributed by atoms with Gasteiger partial charge in [-0.15, -0.1) is 0 Å². The molecule has 1 unspecified atom stereocenters. The summed E-state index contributed by atoms with van der Waals surface area (Å²) >= 11 is 0. The van der Waals surface area contributed by atoms with Crippen LogP contribution in [0.5, 0.6) is 0 Å². The molecule has 3 atom stereocenters. The van der Waals surface area contributed by atoms with Crippen molar-refractivity contribution in [1.29, 1.82) is 0 Å². The minimum absolute atomic E-state index is 0.0708. The number of nitrogens with two attached hydrogens (primary N) is 1. The van der Waals surface area contributed by atoms with E-state index in [1.165, 1.54) is 0 Å². The maximum absolute atomic E-state index is 13.0. The number of hydrogen-bond donors (Lipinski definition) is 4. The monoisotopic (exact) mass is 659 g/mol. The van der Waals surface area contributed by atoms with Crippen LogP contribution in [-0.2, 0) is 55.9 Å². The van der Waals surface area contributed by atoms with Crippen LogP contribution in [0.25, 0.3) is 0 Å². The molecule has 0 saturated heterocycles. The summed E-state index contributed by atoms with van der Waals surface area (Å²) in [5.74, 6) is -2.68. The Morgan fingerprint density at radius 1 is 0.766 bits per heavy atom. The van der Waals surface area contributed by atoms with Gasteiger partial charge < -0.3 is 45.2 Å². The van der Waals surface area contributed by atoms with E-state index >= 15 is 0 Å². The number of nitrogens with one attached hydrogen (secondary N) is 2. The SMILES string of the molecule is CC(C)(C)C(OCCOCCOCCOCCNC(=O)[C@H](Cc1ccccc1)NC(=O)[C@@H](N)CC(=O)OCc1ccccc1)C(=O)O. The van der Waals surface area contributed by atoms with E-state index in [4.69, 9.17) is 29.4 Å². The van der Waals surface area contributed by atoms with Gasteiger partial charge in [-0.25, -0.2) is 4.79 Å². The Morgan fingerprint density at radius 3 is 1.85 bits per heavy atom. The summed E-state index contributed by atoms with van der Waals surface area (Å²) < 4.78 is 27.0. The summed E-state index contributed by atoms with van der Waals surface area (Å²) in [7, 11) is 0. The van der Waals surface area contributed by atoms with Gasteiger partial charge in [0.15, 0.2) is 6.10 Å². The van der Waals surface area contributed by atoms with E-state index in [0.29, 0.717) is 26.4 Å². The van der Waals surface area contributed by atoms with E-state index in [9.17, 15) is 24.3 Å². The number of carboxylic acid groups (broad SMARTS) is 1. The normalized spacial score (nSPS) is 13.3. The maximum atomic E-state index is 13.0. The molecule has 5 N–H and O–H groups in total. The Hall–Kier alpha value is -3.88. The van der Waals surface area contributed by atoms with Gasteiger partial charge in [0.1, 0.15) is 12.6 Å². The van der Waals surface area contributed by atoms with Crippen LogP contribution in [0.4, 0.5) is 0 Å². The number of rotatable bonds is 23. The summed E-state index contributed by atoms with van der Waals surface area (Å²) in [6.07, 6.45) is -1.02. The van der Waals surface area contributed by atoms with Crippen LogP contribution < -0.4 is 16.4 Å². The third-order valence-corrected chi connectivity index (χ3v) is 6.69. The molecule has 2 aromatic carbocycles. The van der Waals surface area contributed by atoms with E-state index in [1.807, 2.05) is 60.7 Å². The lowest BCUT2D eigenvalue weighted by molar-refractivity contribution is -0.159. The molecule has 2 rings (SSSR count). The fraction of sp³-hybridized carbons (Fsp3) is 0.529. The van der Waals surface area contributed by atoms with Crippen LogP contribution in [-0.4, -0.2) is 99.8 Å². The first kappa shape index (κ1) is 39.3. The molecule has 13 nitrogen and oxygen atoms in total. The van der Waals surface area contributed by atoms with E-state index in [1.54, 1.807) is 20.8 Å². The minimum Gasteiger partial charge on any atom is -0.479 e. The number of carboxylic acids is 1. The molecule has 0 bridgehead atoms. The Labute approximate surface area is 276 Å². The Morgan fingerprint density at radius 2 is 1.30 bits per heavy atom. The second-order valence-corrected chi connectivity index (χ2v) is 11.8. The van der Waals surface area contributed by atoms with Crippen LogP contribution in [0, 0.1) is 5.41 Å². The van der Waals surface area contributed by atoms with Crippen molar-refractivity contribution in [3.63, 3.8) is 0 Å². The molecule has 0 aliphatic rings. The van der Waals surface area contributed by atoms with Crippen LogP contribution in [0.3, 0.4) is 0 Å². The largest absolute Gasteiger partial charge is 0.479 e. The predicted octanol–water partition coefficient (Wildman–Crippen LogP) is 1.86. The highest BCUT2D eigenvalue weighted by atomic mass is 16.6. The number of benzene rings is 2. The smallest absolute Gasteiger partial charge is 0.333 e. The summed E-state index contributed by atoms with van der Waals surface area (Å²) in [4.78, 5) is 49.4. The maximum Gasteiger partial charge on any atom is 0.333 e. The number of esters is 1. The van der Waals surface area contributed by atoms with Gasteiger partial charge >= 0.3 is 11.9 Å². The molecule has 0 aliphatic carbocycles. The van der Waals surface area contributed by atoms with Crippen LogP contribution in [0.2, 0.25) is 0 Å². The van der Waals surface area contributed by atoms with Gasteiger partial charge in [0.05, 0.1) is 58.7 Å². The van der Waals surface area contributed by atoms with Crippen molar-refractivity contribution in [3.8, 4) is 0 Å². The van der Waals surface area contributed by atoms with Gasteiger partial charge in [0.25, 0.3) is 0 Å². The van der Waals surface area contributed by atoms with Crippen molar-refractivity contribution in [3.05, 3.63) is 71.8 Å². The van der Waals surface area contributed by atoms with Gasteiger partial charge in [-0.1, -0.05) is 81.4 Å². The number of hydrogen-bond acceptors (Lipinski definition) is 10. The molecule has 0 aliphatic heterocycles. The average molecular weight is 660 g/mol. The number of carbonyl (C=O) groups excluding carboxylic acids is 3. The van der Waals surface area contributed by atoms with Crippen molar-refractivity contribution in [1.82, 2.24) is 10.6 Å². The van der Waals surface area contributed by atoms with E-state index in [2.05, 4.69) is 10.6 Å². The van der Waals surface area contributed by atoms with Crippen molar-refractivity contribution in [2.24, 2.45) is 11.1 Å². The third kappa shape index (κ3) is 17.0. The van der Waals surface area contributed by atoms with Crippen LogP contribution in [0.1, 0.15) is 38.3 Å². The fourth-order valence-electron chi connectivity index (χ4n) is 4.24. The van der Waals surface area contributed by atoms with E-state index in [-0.39, 0.29) is 45.8 Å². The van der Waals surface area contributed by atoms with Crippen molar-refractivity contribution in [2.45, 2.75) is 58.4 Å². The van der Waals surface area contributed by atoms with Gasteiger partial charge in [-0.05, 0) is 16.5 Å². The standard InChI is InChI=1S/C34H49N3O10/c1-34(2,3)30(33(41)42)46-21-20-45-19-18-44-17-16-43-15-14-36-32(40)28(22-25-10-6-4-7-11-25)37-31(39)27(35)23-29(38)47-24-26-12-8-5-9-13-26/h4-13,27-28,30H,14-24,35H2,1-3H3,(H,36,40)(H,37,39)(H,41,42)/t27-,28-,30?/m0/s1. The second kappa shape index (κ2) is 21.8. The molecule has 260 valence electrons. The summed E-state index contributed by atoms with van der Waals surface area (Å²) in [5, 5.41) is 14.7. The highest BCUT2D eigenvalue weighted by Crippen LogP contribution is 2.22. The zero-order valence-corrected chi connectivity index (χ0v) is 27.5. The molecule has 0 saturated carbocycles. The first-order valence-corrected chi connectivity index (χ1v) is 15.6. The Balaban J connectivity index is 1.64. The summed E-state index contributed by atoms with van der Waals surface area (Å²) in [5.41, 5.74) is 7.10. The molecular formula is C34H49N3O10. The van der Waals surface area contributed by atoms with Crippen LogP contribution >= 0.6 is 0 Å². The first-order valence-electron chi connectivity index (χ1n) is 15.6. The zero-order valence-electron chi connectivity index (χ0n) is 27.5. The second-order valence-electron chi connectivity index (χ2n) is 11.8. The van der Waals surface area contributed by atoms with Gasteiger partial charge in [0, 0.05) is 13.0 Å². The van der Waals surface area contributed by atoms with E-state index in [0.717, 1.165) is 11.1 Å². The zero-order chi connectivity index (χ0) is 34.5. The third-order valence-electron chi connectivity index (χ3n) is 6.69. The lowest BCUT2D eigenvalue weighted by atomic mass is 9.89. The lowest BCUT2D eigenvalue weighted by Gasteiger charge is -2.26. The molecule has 2 amide bonds. The Bertz CT molecular complexity index is 1210. The highest BCUT2D eigenvalue weighted by Gasteiger charge is 2.32. The summed E-state index contributed by atoms with van der Waals surface area (Å²) in [6.45, 7) is 7.56.